The highest BCUT2D eigenvalue weighted by Crippen LogP contribution is 2.22. The number of fused-ring (bicyclic) bond motifs is 1. The molecule has 0 amide bonds. The van der Waals surface area contributed by atoms with Crippen LogP contribution in [0.3, 0.4) is 0 Å². The number of nitrogens with zero attached hydrogens (tertiary/aromatic N) is 3. The van der Waals surface area contributed by atoms with Crippen molar-refractivity contribution in [1.82, 2.24) is 15.2 Å². The summed E-state index contributed by atoms with van der Waals surface area (Å²) in [5, 5.41) is 9.91. The lowest BCUT2D eigenvalue weighted by Gasteiger charge is -1.87. The predicted molar refractivity (Wildman–Crippen MR) is 44.4 cm³/mol. The van der Waals surface area contributed by atoms with Crippen LogP contribution in [0.25, 0.3) is 10.9 Å². The molecule has 60 valence electrons. The van der Waals surface area contributed by atoms with E-state index in [1.54, 1.807) is 6.07 Å². The number of hydrogen-bond acceptors (Lipinski definition) is 4. The van der Waals surface area contributed by atoms with E-state index in [4.69, 9.17) is 11.6 Å². The minimum absolute atomic E-state index is 0.106. The third-order valence-corrected chi connectivity index (χ3v) is 1.69. The Hall–Kier alpha value is -1.49. The molecule has 12 heavy (non-hydrogen) atoms. The van der Waals surface area contributed by atoms with Crippen LogP contribution < -0.4 is 0 Å². The minimum Gasteiger partial charge on any atom is -0.275 e. The summed E-state index contributed by atoms with van der Waals surface area (Å²) < 4.78 is 0. The smallest absolute Gasteiger partial charge is 0.226 e. The molecule has 2 heterocycles. The van der Waals surface area contributed by atoms with Crippen molar-refractivity contribution in [3.63, 3.8) is 0 Å². The second-order valence-electron chi connectivity index (χ2n) is 2.19. The van der Waals surface area contributed by atoms with Crippen LogP contribution in [-0.2, 0) is 0 Å². The molecule has 2 rings (SSSR count). The fourth-order valence-corrected chi connectivity index (χ4v) is 1.10. The Balaban J connectivity index is 2.81. The Kier molecular flexibility index (Phi) is 1.51. The number of H-pyrrole nitrogens is 1. The highest BCUT2D eigenvalue weighted by atomic mass is 35.5. The van der Waals surface area contributed by atoms with Crippen molar-refractivity contribution in [1.29, 1.82) is 0 Å². The molecule has 2 aromatic rings. The lowest BCUT2D eigenvalue weighted by Crippen LogP contribution is -1.73. The van der Waals surface area contributed by atoms with E-state index in [9.17, 15) is 4.91 Å². The summed E-state index contributed by atoms with van der Waals surface area (Å²) in [4.78, 5) is 14.0. The number of pyridine rings is 1. The first kappa shape index (κ1) is 7.17. The van der Waals surface area contributed by atoms with Gasteiger partial charge in [0.2, 0.25) is 5.82 Å². The van der Waals surface area contributed by atoms with Gasteiger partial charge in [0.05, 0.1) is 10.9 Å². The maximum Gasteiger partial charge on any atom is 0.226 e. The van der Waals surface area contributed by atoms with Crippen LogP contribution in [0.1, 0.15) is 0 Å². The monoisotopic (exact) mass is 182 g/mol. The van der Waals surface area contributed by atoms with Crippen LogP contribution in [-0.4, -0.2) is 15.2 Å². The van der Waals surface area contributed by atoms with Gasteiger partial charge in [-0.2, -0.15) is 5.10 Å². The summed E-state index contributed by atoms with van der Waals surface area (Å²) in [7, 11) is 0. The van der Waals surface area contributed by atoms with E-state index in [0.717, 1.165) is 0 Å². The molecule has 1 N–H and O–H groups in total. The summed E-state index contributed by atoms with van der Waals surface area (Å²) in [6.45, 7) is 0. The number of nitroso groups, excluding NO2 is 1. The van der Waals surface area contributed by atoms with Crippen LogP contribution >= 0.6 is 11.6 Å². The average Bonchev–Trinajstić information content (AvgIpc) is 2.46. The molecule has 0 aromatic carbocycles. The standard InChI is InChI=1S/C6H3ClN4O/c7-5-1-4-3(2-8-5)6(11-12)10-9-4/h1-2H,(H,9,10). The van der Waals surface area contributed by atoms with Gasteiger partial charge in [0, 0.05) is 12.3 Å². The fraction of sp³-hybridized carbons (Fsp3) is 0. The third kappa shape index (κ3) is 0.947. The Morgan fingerprint density at radius 1 is 1.58 bits per heavy atom. The molecule has 0 aliphatic carbocycles. The molecule has 5 nitrogen and oxygen atoms in total. The van der Waals surface area contributed by atoms with E-state index in [1.165, 1.54) is 6.20 Å². The number of rotatable bonds is 1. The SMILES string of the molecule is O=Nc1n[nH]c2cc(Cl)ncc12. The number of hydrogen-bond donors (Lipinski definition) is 1. The molecule has 0 spiro atoms. The summed E-state index contributed by atoms with van der Waals surface area (Å²) in [5.41, 5.74) is 0.657. The average molecular weight is 183 g/mol. The second kappa shape index (κ2) is 2.53. The van der Waals surface area contributed by atoms with Crippen molar-refractivity contribution in [3.05, 3.63) is 22.3 Å². The maximum atomic E-state index is 10.2. The second-order valence-corrected chi connectivity index (χ2v) is 2.58. The largest absolute Gasteiger partial charge is 0.275 e. The zero-order chi connectivity index (χ0) is 8.55. The first-order chi connectivity index (χ1) is 5.81. The molecule has 0 saturated heterocycles. The lowest BCUT2D eigenvalue weighted by atomic mass is 10.3. The van der Waals surface area contributed by atoms with Crippen molar-refractivity contribution in [2.45, 2.75) is 0 Å². The van der Waals surface area contributed by atoms with Crippen LogP contribution in [0.4, 0.5) is 5.82 Å². The minimum atomic E-state index is 0.106. The number of halogens is 1. The molecule has 0 aliphatic heterocycles. The predicted octanol–water partition coefficient (Wildman–Crippen LogP) is 2.01. The van der Waals surface area contributed by atoms with Gasteiger partial charge in [0.25, 0.3) is 0 Å². The molecule has 0 bridgehead atoms. The normalized spacial score (nSPS) is 10.4. The molecule has 0 unspecified atom stereocenters. The van der Waals surface area contributed by atoms with Crippen molar-refractivity contribution >= 4 is 28.3 Å². The zero-order valence-electron chi connectivity index (χ0n) is 5.78. The lowest BCUT2D eigenvalue weighted by molar-refractivity contribution is 1.10. The van der Waals surface area contributed by atoms with Crippen LogP contribution in [0, 0.1) is 4.91 Å². The highest BCUT2D eigenvalue weighted by Gasteiger charge is 2.05. The molecule has 0 aliphatic rings. The summed E-state index contributed by atoms with van der Waals surface area (Å²) >= 11 is 5.60. The zero-order valence-corrected chi connectivity index (χ0v) is 6.54. The molecule has 0 radical (unpaired) electrons. The molecule has 0 atom stereocenters. The van der Waals surface area contributed by atoms with E-state index < -0.39 is 0 Å². The van der Waals surface area contributed by atoms with E-state index >= 15 is 0 Å². The van der Waals surface area contributed by atoms with Crippen molar-refractivity contribution in [2.24, 2.45) is 5.18 Å². The van der Waals surface area contributed by atoms with Gasteiger partial charge in [-0.05, 0) is 5.18 Å². The van der Waals surface area contributed by atoms with Crippen molar-refractivity contribution < 1.29 is 0 Å². The number of aromatic nitrogens is 3. The molecular weight excluding hydrogens is 180 g/mol. The molecule has 0 saturated carbocycles. The molecule has 6 heteroatoms. The van der Waals surface area contributed by atoms with Gasteiger partial charge in [-0.1, -0.05) is 11.6 Å². The van der Waals surface area contributed by atoms with E-state index in [2.05, 4.69) is 20.4 Å². The van der Waals surface area contributed by atoms with Crippen LogP contribution in [0.15, 0.2) is 17.4 Å². The number of nitrogens with one attached hydrogen (secondary N) is 1. The fourth-order valence-electron chi connectivity index (χ4n) is 0.944. The summed E-state index contributed by atoms with van der Waals surface area (Å²) in [6, 6.07) is 1.58. The van der Waals surface area contributed by atoms with Crippen molar-refractivity contribution in [2.75, 3.05) is 0 Å². The van der Waals surface area contributed by atoms with Gasteiger partial charge in [0.1, 0.15) is 5.15 Å². The van der Waals surface area contributed by atoms with Crippen LogP contribution in [0.5, 0.6) is 0 Å². The first-order valence-corrected chi connectivity index (χ1v) is 3.52. The maximum absolute atomic E-state index is 10.2. The first-order valence-electron chi connectivity index (χ1n) is 3.14. The van der Waals surface area contributed by atoms with Gasteiger partial charge in [-0.3, -0.25) is 5.10 Å². The van der Waals surface area contributed by atoms with Gasteiger partial charge in [-0.25, -0.2) is 4.98 Å². The Morgan fingerprint density at radius 2 is 2.42 bits per heavy atom. The van der Waals surface area contributed by atoms with Crippen LogP contribution in [0.2, 0.25) is 5.15 Å². The number of aromatic amines is 1. The van der Waals surface area contributed by atoms with Gasteiger partial charge in [-0.15, -0.1) is 4.91 Å². The Labute approximate surface area is 71.7 Å². The molecule has 2 aromatic heterocycles. The van der Waals surface area contributed by atoms with E-state index in [0.29, 0.717) is 16.1 Å². The van der Waals surface area contributed by atoms with Gasteiger partial charge >= 0.3 is 0 Å². The molecule has 0 fully saturated rings. The third-order valence-electron chi connectivity index (χ3n) is 1.48. The van der Waals surface area contributed by atoms with Crippen molar-refractivity contribution in [3.8, 4) is 0 Å². The van der Waals surface area contributed by atoms with Gasteiger partial charge < -0.3 is 0 Å². The van der Waals surface area contributed by atoms with Gasteiger partial charge in [0.15, 0.2) is 0 Å². The Morgan fingerprint density at radius 3 is 3.17 bits per heavy atom. The summed E-state index contributed by atoms with van der Waals surface area (Å²) in [6.07, 6.45) is 1.46. The molecular formula is C6H3ClN4O. The summed E-state index contributed by atoms with van der Waals surface area (Å²) in [5.74, 6) is 0.106. The Bertz CT molecular complexity index is 438. The van der Waals surface area contributed by atoms with E-state index in [1.807, 2.05) is 0 Å². The van der Waals surface area contributed by atoms with E-state index in [-0.39, 0.29) is 5.82 Å². The topological polar surface area (TPSA) is 71.0 Å². The highest BCUT2D eigenvalue weighted by molar-refractivity contribution is 6.30. The quantitative estimate of drug-likeness (QED) is 0.542.